The van der Waals surface area contributed by atoms with Crippen LogP contribution in [0.4, 0.5) is 5.13 Å². The maximum Gasteiger partial charge on any atom is 0.308 e. The number of nitrogen functional groups attached to an aromatic ring is 1. The molecule has 18 heavy (non-hydrogen) atoms. The monoisotopic (exact) mass is 271 g/mol. The number of carbonyl (C=O) groups is 2. The van der Waals surface area contributed by atoms with Crippen LogP contribution in [0.15, 0.2) is 0 Å². The Balaban J connectivity index is 2.86. The summed E-state index contributed by atoms with van der Waals surface area (Å²) in [5, 5.41) is 9.22. The Morgan fingerprint density at radius 2 is 2.17 bits per heavy atom. The van der Waals surface area contributed by atoms with Crippen LogP contribution < -0.4 is 5.73 Å². The normalized spacial score (nSPS) is 12.2. The minimum Gasteiger partial charge on any atom is -0.481 e. The summed E-state index contributed by atoms with van der Waals surface area (Å²) < 4.78 is 0. The predicted octanol–water partition coefficient (Wildman–Crippen LogP) is 1.22. The van der Waals surface area contributed by atoms with E-state index in [1.54, 1.807) is 13.8 Å². The van der Waals surface area contributed by atoms with E-state index in [0.29, 0.717) is 22.2 Å². The Hall–Kier alpha value is -1.63. The maximum absolute atomic E-state index is 12.2. The molecule has 0 radical (unpaired) electrons. The van der Waals surface area contributed by atoms with Crippen LogP contribution in [0.3, 0.4) is 0 Å². The van der Waals surface area contributed by atoms with Gasteiger partial charge in [0.2, 0.25) is 0 Å². The molecule has 0 aromatic carbocycles. The van der Waals surface area contributed by atoms with Crippen LogP contribution in [0.25, 0.3) is 0 Å². The van der Waals surface area contributed by atoms with Gasteiger partial charge in [-0.2, -0.15) is 0 Å². The second-order valence-corrected chi connectivity index (χ2v) is 5.08. The number of aromatic nitrogens is 1. The van der Waals surface area contributed by atoms with Gasteiger partial charge >= 0.3 is 5.97 Å². The summed E-state index contributed by atoms with van der Waals surface area (Å²) in [5.41, 5.74) is 6.14. The third kappa shape index (κ3) is 3.19. The second kappa shape index (κ2) is 5.81. The lowest BCUT2D eigenvalue weighted by Crippen LogP contribution is -2.36. The Morgan fingerprint density at radius 3 is 2.56 bits per heavy atom. The number of carboxylic acid groups (broad SMARTS) is 1. The Morgan fingerprint density at radius 1 is 1.56 bits per heavy atom. The minimum atomic E-state index is -0.915. The molecule has 1 rings (SSSR count). The molecule has 0 fully saturated rings. The van der Waals surface area contributed by atoms with Gasteiger partial charge in [0.15, 0.2) is 5.13 Å². The molecule has 1 amide bonds. The fourth-order valence-electron chi connectivity index (χ4n) is 1.52. The van der Waals surface area contributed by atoms with E-state index in [1.807, 2.05) is 6.92 Å². The minimum absolute atomic E-state index is 0.182. The third-order valence-electron chi connectivity index (χ3n) is 2.59. The van der Waals surface area contributed by atoms with E-state index in [-0.39, 0.29) is 12.5 Å². The molecule has 0 saturated heterocycles. The first-order valence-electron chi connectivity index (χ1n) is 5.61. The van der Waals surface area contributed by atoms with E-state index in [9.17, 15) is 9.59 Å². The lowest BCUT2D eigenvalue weighted by atomic mass is 10.1. The summed E-state index contributed by atoms with van der Waals surface area (Å²) in [6, 6.07) is 0. The molecule has 0 saturated carbocycles. The summed E-state index contributed by atoms with van der Waals surface area (Å²) in [5.74, 6) is -1.72. The van der Waals surface area contributed by atoms with Gasteiger partial charge in [0.05, 0.1) is 11.6 Å². The van der Waals surface area contributed by atoms with Crippen LogP contribution in [0.5, 0.6) is 0 Å². The molecule has 0 bridgehead atoms. The van der Waals surface area contributed by atoms with Crippen molar-refractivity contribution in [3.05, 3.63) is 10.6 Å². The highest BCUT2D eigenvalue weighted by molar-refractivity contribution is 7.17. The van der Waals surface area contributed by atoms with Gasteiger partial charge in [0.1, 0.15) is 4.88 Å². The second-order valence-electron chi connectivity index (χ2n) is 4.05. The van der Waals surface area contributed by atoms with Crippen LogP contribution in [-0.4, -0.2) is 40.0 Å². The van der Waals surface area contributed by atoms with Gasteiger partial charge in [-0.15, -0.1) is 0 Å². The third-order valence-corrected chi connectivity index (χ3v) is 3.57. The van der Waals surface area contributed by atoms with Crippen molar-refractivity contribution in [1.82, 2.24) is 9.88 Å². The van der Waals surface area contributed by atoms with Crippen molar-refractivity contribution in [2.45, 2.75) is 20.8 Å². The van der Waals surface area contributed by atoms with Crippen molar-refractivity contribution >= 4 is 28.3 Å². The number of nitrogens with two attached hydrogens (primary N) is 1. The molecule has 1 heterocycles. The molecule has 1 aromatic heterocycles. The number of aryl methyl sites for hydroxylation is 1. The van der Waals surface area contributed by atoms with Crippen LogP contribution in [0.2, 0.25) is 0 Å². The molecule has 7 heteroatoms. The topological polar surface area (TPSA) is 96.5 Å². The molecule has 1 unspecified atom stereocenters. The Kier molecular flexibility index (Phi) is 4.66. The molecule has 1 atom stereocenters. The van der Waals surface area contributed by atoms with Crippen LogP contribution >= 0.6 is 11.3 Å². The average molecular weight is 271 g/mol. The lowest BCUT2D eigenvalue weighted by molar-refractivity contribution is -0.141. The number of amides is 1. The predicted molar refractivity (Wildman–Crippen MR) is 69.6 cm³/mol. The van der Waals surface area contributed by atoms with Gasteiger partial charge in [-0.05, 0) is 13.8 Å². The van der Waals surface area contributed by atoms with Gasteiger partial charge in [-0.25, -0.2) is 4.98 Å². The zero-order valence-corrected chi connectivity index (χ0v) is 11.5. The highest BCUT2D eigenvalue weighted by Crippen LogP contribution is 2.21. The van der Waals surface area contributed by atoms with E-state index in [2.05, 4.69) is 4.98 Å². The molecule has 0 spiro atoms. The standard InChI is InChI=1S/C11H17N3O3S/c1-4-14(5-6(2)10(16)17)9(15)8-7(3)13-11(12)18-8/h6H,4-5H2,1-3H3,(H2,12,13)(H,16,17). The van der Waals surface area contributed by atoms with Crippen molar-refractivity contribution < 1.29 is 14.7 Å². The van der Waals surface area contributed by atoms with Crippen molar-refractivity contribution in [1.29, 1.82) is 0 Å². The zero-order valence-electron chi connectivity index (χ0n) is 10.6. The van der Waals surface area contributed by atoms with E-state index in [4.69, 9.17) is 10.8 Å². The summed E-state index contributed by atoms with van der Waals surface area (Å²) >= 11 is 1.13. The number of nitrogens with zero attached hydrogens (tertiary/aromatic N) is 2. The number of hydrogen-bond acceptors (Lipinski definition) is 5. The molecule has 0 aliphatic rings. The first kappa shape index (κ1) is 14.4. The number of carboxylic acids is 1. The SMILES string of the molecule is CCN(CC(C)C(=O)O)C(=O)c1sc(N)nc1C. The van der Waals surface area contributed by atoms with Crippen molar-refractivity contribution in [2.24, 2.45) is 5.92 Å². The molecular weight excluding hydrogens is 254 g/mol. The average Bonchev–Trinajstić information content (AvgIpc) is 2.63. The van der Waals surface area contributed by atoms with Gasteiger partial charge in [-0.3, -0.25) is 9.59 Å². The highest BCUT2D eigenvalue weighted by atomic mass is 32.1. The molecule has 0 aliphatic heterocycles. The summed E-state index contributed by atoms with van der Waals surface area (Å²) in [4.78, 5) is 29.0. The van der Waals surface area contributed by atoms with Crippen LogP contribution in [0.1, 0.15) is 29.2 Å². The maximum atomic E-state index is 12.2. The Labute approximate surface area is 109 Å². The van der Waals surface area contributed by atoms with E-state index < -0.39 is 11.9 Å². The smallest absolute Gasteiger partial charge is 0.308 e. The first-order chi connectivity index (χ1) is 8.36. The van der Waals surface area contributed by atoms with Gasteiger partial charge < -0.3 is 15.7 Å². The van der Waals surface area contributed by atoms with Crippen molar-refractivity contribution in [3.8, 4) is 0 Å². The number of aliphatic carboxylic acids is 1. The number of hydrogen-bond donors (Lipinski definition) is 2. The van der Waals surface area contributed by atoms with Gasteiger partial charge in [0.25, 0.3) is 5.91 Å². The van der Waals surface area contributed by atoms with Crippen LogP contribution in [0, 0.1) is 12.8 Å². The highest BCUT2D eigenvalue weighted by Gasteiger charge is 2.23. The summed E-state index contributed by atoms with van der Waals surface area (Å²) in [7, 11) is 0. The number of rotatable bonds is 5. The lowest BCUT2D eigenvalue weighted by Gasteiger charge is -2.22. The molecule has 1 aromatic rings. The quantitative estimate of drug-likeness (QED) is 0.839. The summed E-state index contributed by atoms with van der Waals surface area (Å²) in [6.07, 6.45) is 0. The fraction of sp³-hybridized carbons (Fsp3) is 0.545. The van der Waals surface area contributed by atoms with Gasteiger partial charge in [0, 0.05) is 13.1 Å². The summed E-state index contributed by atoms with van der Waals surface area (Å²) in [6.45, 7) is 5.74. The number of thiazole rings is 1. The van der Waals surface area contributed by atoms with Crippen molar-refractivity contribution in [3.63, 3.8) is 0 Å². The van der Waals surface area contributed by atoms with E-state index >= 15 is 0 Å². The van der Waals surface area contributed by atoms with Gasteiger partial charge in [-0.1, -0.05) is 18.3 Å². The molecule has 0 aliphatic carbocycles. The molecule has 3 N–H and O–H groups in total. The van der Waals surface area contributed by atoms with E-state index in [0.717, 1.165) is 11.3 Å². The number of carbonyl (C=O) groups excluding carboxylic acids is 1. The Bertz CT molecular complexity index is 458. The van der Waals surface area contributed by atoms with E-state index in [1.165, 1.54) is 4.90 Å². The fourth-order valence-corrected chi connectivity index (χ4v) is 2.33. The molecular formula is C11H17N3O3S. The largest absolute Gasteiger partial charge is 0.481 e. The first-order valence-corrected chi connectivity index (χ1v) is 6.43. The molecule has 6 nitrogen and oxygen atoms in total. The number of anilines is 1. The zero-order chi connectivity index (χ0) is 13.9. The van der Waals surface area contributed by atoms with Crippen LogP contribution in [-0.2, 0) is 4.79 Å². The molecule has 100 valence electrons. The van der Waals surface area contributed by atoms with Crippen molar-refractivity contribution in [2.75, 3.05) is 18.8 Å².